The first-order chi connectivity index (χ1) is 11.9. The topological polar surface area (TPSA) is 31.9 Å². The Morgan fingerprint density at radius 1 is 1.04 bits per heavy atom. The van der Waals surface area contributed by atoms with Crippen LogP contribution in [0.1, 0.15) is 35.9 Å². The van der Waals surface area contributed by atoms with Crippen LogP contribution in [-0.2, 0) is 0 Å². The van der Waals surface area contributed by atoms with Crippen molar-refractivity contribution in [1.82, 2.24) is 9.97 Å². The summed E-state index contributed by atoms with van der Waals surface area (Å²) < 4.78 is 0. The molecule has 121 valence electrons. The second-order valence-corrected chi connectivity index (χ2v) is 7.71. The van der Waals surface area contributed by atoms with Crippen LogP contribution in [0.2, 0.25) is 0 Å². The highest BCUT2D eigenvalue weighted by Gasteiger charge is 2.27. The SMILES string of the molecule is [CH]1CN(c2ccc3[nH]cnc3c2)C(c2ccc(C3CC3)cc2)CS1. The van der Waals surface area contributed by atoms with Gasteiger partial charge in [0, 0.05) is 23.7 Å². The van der Waals surface area contributed by atoms with Gasteiger partial charge in [-0.25, -0.2) is 4.98 Å². The summed E-state index contributed by atoms with van der Waals surface area (Å²) in [6, 6.07) is 16.3. The number of hydrogen-bond donors (Lipinski definition) is 1. The predicted octanol–water partition coefficient (Wildman–Crippen LogP) is 4.90. The van der Waals surface area contributed by atoms with Crippen molar-refractivity contribution in [2.75, 3.05) is 17.2 Å². The third-order valence-electron chi connectivity index (χ3n) is 5.13. The zero-order chi connectivity index (χ0) is 15.9. The summed E-state index contributed by atoms with van der Waals surface area (Å²) in [5, 5.41) is 0. The maximum atomic E-state index is 4.41. The molecule has 1 radical (unpaired) electrons. The van der Waals surface area contributed by atoms with E-state index in [1.54, 1.807) is 6.33 Å². The van der Waals surface area contributed by atoms with E-state index in [4.69, 9.17) is 0 Å². The summed E-state index contributed by atoms with van der Waals surface area (Å²) >= 11 is 1.94. The van der Waals surface area contributed by atoms with Gasteiger partial charge < -0.3 is 9.88 Å². The van der Waals surface area contributed by atoms with Crippen LogP contribution < -0.4 is 4.90 Å². The van der Waals surface area contributed by atoms with Crippen molar-refractivity contribution in [2.24, 2.45) is 0 Å². The molecular formula is C20H20N3S. The van der Waals surface area contributed by atoms with Crippen LogP contribution in [0.15, 0.2) is 48.8 Å². The van der Waals surface area contributed by atoms with Gasteiger partial charge in [-0.3, -0.25) is 0 Å². The van der Waals surface area contributed by atoms with Gasteiger partial charge in [0.1, 0.15) is 0 Å². The Kier molecular flexibility index (Phi) is 3.51. The largest absolute Gasteiger partial charge is 0.362 e. The molecule has 1 aliphatic carbocycles. The van der Waals surface area contributed by atoms with Gasteiger partial charge in [0.25, 0.3) is 0 Å². The first kappa shape index (κ1) is 14.4. The summed E-state index contributed by atoms with van der Waals surface area (Å²) in [6.07, 6.45) is 4.49. The van der Waals surface area contributed by atoms with E-state index in [0.717, 1.165) is 29.2 Å². The van der Waals surface area contributed by atoms with Gasteiger partial charge in [0.05, 0.1) is 23.4 Å². The van der Waals surface area contributed by atoms with E-state index in [-0.39, 0.29) is 0 Å². The molecule has 1 N–H and O–H groups in total. The van der Waals surface area contributed by atoms with E-state index in [0.29, 0.717) is 6.04 Å². The fraction of sp³-hybridized carbons (Fsp3) is 0.300. The monoisotopic (exact) mass is 334 g/mol. The molecule has 2 aromatic carbocycles. The van der Waals surface area contributed by atoms with Gasteiger partial charge in [-0.1, -0.05) is 24.3 Å². The number of rotatable bonds is 3. The van der Waals surface area contributed by atoms with E-state index < -0.39 is 0 Å². The van der Waals surface area contributed by atoms with Crippen molar-refractivity contribution in [2.45, 2.75) is 24.8 Å². The third-order valence-corrected chi connectivity index (χ3v) is 6.02. The second-order valence-electron chi connectivity index (χ2n) is 6.71. The number of aromatic nitrogens is 2. The first-order valence-corrected chi connectivity index (χ1v) is 9.66. The lowest BCUT2D eigenvalue weighted by molar-refractivity contribution is 0.702. The molecule has 3 aromatic rings. The van der Waals surface area contributed by atoms with Gasteiger partial charge in [-0.2, -0.15) is 11.8 Å². The third kappa shape index (κ3) is 2.59. The number of nitrogens with zero attached hydrogens (tertiary/aromatic N) is 2. The van der Waals surface area contributed by atoms with Crippen LogP contribution in [0.5, 0.6) is 0 Å². The number of H-pyrrole nitrogens is 1. The summed E-state index contributed by atoms with van der Waals surface area (Å²) in [6.45, 7) is 0.968. The summed E-state index contributed by atoms with van der Waals surface area (Å²) in [5.41, 5.74) is 6.32. The molecule has 2 heterocycles. The van der Waals surface area contributed by atoms with Crippen molar-refractivity contribution in [1.29, 1.82) is 0 Å². The number of hydrogen-bond acceptors (Lipinski definition) is 3. The second kappa shape index (κ2) is 5.85. The smallest absolute Gasteiger partial charge is 0.0931 e. The van der Waals surface area contributed by atoms with E-state index in [9.17, 15) is 0 Å². The molecule has 4 heteroatoms. The predicted molar refractivity (Wildman–Crippen MR) is 101 cm³/mol. The van der Waals surface area contributed by atoms with Crippen molar-refractivity contribution >= 4 is 28.5 Å². The zero-order valence-electron chi connectivity index (χ0n) is 13.5. The fourth-order valence-corrected chi connectivity index (χ4v) is 4.53. The maximum Gasteiger partial charge on any atom is 0.0931 e. The van der Waals surface area contributed by atoms with Gasteiger partial charge >= 0.3 is 0 Å². The molecule has 1 aromatic heterocycles. The first-order valence-electron chi connectivity index (χ1n) is 8.61. The van der Waals surface area contributed by atoms with Gasteiger partial charge in [0.2, 0.25) is 0 Å². The van der Waals surface area contributed by atoms with Crippen LogP contribution in [0.25, 0.3) is 11.0 Å². The Morgan fingerprint density at radius 2 is 1.88 bits per heavy atom. The molecule has 2 aliphatic rings. The highest BCUT2D eigenvalue weighted by Crippen LogP contribution is 2.41. The van der Waals surface area contributed by atoms with Crippen molar-refractivity contribution < 1.29 is 0 Å². The minimum atomic E-state index is 0.421. The fourth-order valence-electron chi connectivity index (χ4n) is 3.58. The molecule has 5 rings (SSSR count). The van der Waals surface area contributed by atoms with Crippen LogP contribution in [0.4, 0.5) is 5.69 Å². The lowest BCUT2D eigenvalue weighted by atomic mass is 10.0. The Balaban J connectivity index is 1.47. The maximum absolute atomic E-state index is 4.41. The Hall–Kier alpha value is -1.94. The quantitative estimate of drug-likeness (QED) is 0.739. The molecule has 2 fully saturated rings. The van der Waals surface area contributed by atoms with Crippen molar-refractivity contribution in [3.05, 3.63) is 65.7 Å². The van der Waals surface area contributed by atoms with Crippen LogP contribution >= 0.6 is 11.8 Å². The van der Waals surface area contributed by atoms with Crippen LogP contribution in [0.3, 0.4) is 0 Å². The zero-order valence-corrected chi connectivity index (χ0v) is 14.3. The lowest BCUT2D eigenvalue weighted by Gasteiger charge is -2.37. The summed E-state index contributed by atoms with van der Waals surface area (Å²) in [7, 11) is 0. The molecule has 0 amide bonds. The molecule has 24 heavy (non-hydrogen) atoms. The average molecular weight is 334 g/mol. The molecule has 0 bridgehead atoms. The van der Waals surface area contributed by atoms with Crippen molar-refractivity contribution in [3.8, 4) is 0 Å². The number of fused-ring (bicyclic) bond motifs is 1. The lowest BCUT2D eigenvalue weighted by Crippen LogP contribution is -2.34. The van der Waals surface area contributed by atoms with E-state index in [1.165, 1.54) is 29.7 Å². The van der Waals surface area contributed by atoms with E-state index >= 15 is 0 Å². The molecule has 0 spiro atoms. The standard InChI is InChI=1S/C20H20N3S/c1-2-14(1)15-3-5-16(6-4-15)20-12-24-10-9-23(20)17-7-8-18-19(11-17)22-13-21-18/h3-8,10-11,13-14,20H,1-2,9,12H2,(H,21,22). The molecule has 1 aliphatic heterocycles. The number of anilines is 1. The number of imidazole rings is 1. The number of aromatic amines is 1. The van der Waals surface area contributed by atoms with E-state index in [2.05, 4.69) is 63.1 Å². The van der Waals surface area contributed by atoms with E-state index in [1.807, 2.05) is 11.8 Å². The van der Waals surface area contributed by atoms with Crippen LogP contribution in [0, 0.1) is 5.75 Å². The summed E-state index contributed by atoms with van der Waals surface area (Å²) in [5.74, 6) is 4.23. The van der Waals surface area contributed by atoms with Crippen LogP contribution in [-0.4, -0.2) is 22.3 Å². The molecule has 1 unspecified atom stereocenters. The van der Waals surface area contributed by atoms with Gasteiger partial charge in [-0.15, -0.1) is 0 Å². The Labute approximate surface area is 146 Å². The molecule has 1 saturated heterocycles. The number of benzene rings is 2. The Morgan fingerprint density at radius 3 is 2.71 bits per heavy atom. The molecular weight excluding hydrogens is 314 g/mol. The average Bonchev–Trinajstić information content (AvgIpc) is 3.39. The number of nitrogens with one attached hydrogen (secondary N) is 1. The minimum absolute atomic E-state index is 0.421. The normalized spacial score (nSPS) is 21.3. The van der Waals surface area contributed by atoms with Crippen molar-refractivity contribution in [3.63, 3.8) is 0 Å². The molecule has 3 nitrogen and oxygen atoms in total. The molecule has 1 saturated carbocycles. The van der Waals surface area contributed by atoms with Gasteiger partial charge in [-0.05, 0) is 48.1 Å². The molecule has 1 atom stereocenters. The Bertz CT molecular complexity index is 851. The summed E-state index contributed by atoms with van der Waals surface area (Å²) in [4.78, 5) is 10.1. The van der Waals surface area contributed by atoms with Gasteiger partial charge in [0.15, 0.2) is 0 Å². The highest BCUT2D eigenvalue weighted by molar-refractivity contribution is 8.01. The highest BCUT2D eigenvalue weighted by atomic mass is 32.2. The minimum Gasteiger partial charge on any atom is -0.362 e. The number of thioether (sulfide) groups is 1.